The molecule has 0 amide bonds. The van der Waals surface area contributed by atoms with Crippen molar-refractivity contribution in [2.24, 2.45) is 0 Å². The first-order valence-electron chi connectivity index (χ1n) is 4.55. The van der Waals surface area contributed by atoms with Gasteiger partial charge in [0, 0.05) is 6.20 Å². The highest BCUT2D eigenvalue weighted by Crippen LogP contribution is 2.22. The molecule has 1 aliphatic carbocycles. The van der Waals surface area contributed by atoms with E-state index < -0.39 is 17.7 Å². The van der Waals surface area contributed by atoms with Crippen LogP contribution in [0, 0.1) is 0 Å². The molecule has 1 aliphatic rings. The third kappa shape index (κ3) is 3.93. The van der Waals surface area contributed by atoms with Crippen LogP contribution in [-0.4, -0.2) is 24.2 Å². The summed E-state index contributed by atoms with van der Waals surface area (Å²) in [5.41, 5.74) is -0.408. The number of H-pyrrole nitrogens is 1. The van der Waals surface area contributed by atoms with Gasteiger partial charge in [-0.2, -0.15) is 0 Å². The van der Waals surface area contributed by atoms with E-state index in [1.54, 1.807) is 6.07 Å². The fourth-order valence-corrected chi connectivity index (χ4v) is 0.755. The van der Waals surface area contributed by atoms with Crippen molar-refractivity contribution in [1.82, 2.24) is 4.98 Å². The van der Waals surface area contributed by atoms with Gasteiger partial charge in [0.1, 0.15) is 11.7 Å². The number of carbonyl (C=O) groups excluding carboxylic acids is 1. The van der Waals surface area contributed by atoms with Gasteiger partial charge < -0.3 is 9.72 Å². The largest absolute Gasteiger partial charge is 0.465 e. The van der Waals surface area contributed by atoms with Crippen LogP contribution in [0.25, 0.3) is 0 Å². The molecule has 0 bridgehead atoms. The molecule has 0 saturated heterocycles. The molecule has 0 spiro atoms. The third-order valence-corrected chi connectivity index (χ3v) is 1.73. The molecule has 1 aromatic rings. The van der Waals surface area contributed by atoms with E-state index in [0.717, 1.165) is 12.8 Å². The van der Waals surface area contributed by atoms with E-state index >= 15 is 0 Å². The zero-order valence-corrected chi connectivity index (χ0v) is 8.33. The zero-order chi connectivity index (χ0) is 11.3. The van der Waals surface area contributed by atoms with Crippen LogP contribution in [0.3, 0.4) is 0 Å². The molecule has 82 valence electrons. The van der Waals surface area contributed by atoms with Crippen LogP contribution in [0.2, 0.25) is 0 Å². The number of ether oxygens (including phenoxy) is 1. The summed E-state index contributed by atoms with van der Waals surface area (Å²) in [6.45, 7) is 0. The zero-order valence-electron chi connectivity index (χ0n) is 8.33. The number of methoxy groups -OCH3 is 1. The van der Waals surface area contributed by atoms with Gasteiger partial charge in [-0.1, -0.05) is 0 Å². The highest BCUT2D eigenvalue weighted by molar-refractivity contribution is 5.88. The fraction of sp³-hybridized carbons (Fsp3) is 0.400. The standard InChI is InChI=1S/C7H7NO3.C3H5F/c1-11-7(10)5-3-2-4-8-6(5)9;4-3-1-2-3/h2-4H,1H3,(H,8,9);3H,1-2H2. The predicted molar refractivity (Wildman–Crippen MR) is 52.5 cm³/mol. The number of hydrogen-bond acceptors (Lipinski definition) is 3. The van der Waals surface area contributed by atoms with Crippen LogP contribution in [-0.2, 0) is 4.74 Å². The number of rotatable bonds is 1. The van der Waals surface area contributed by atoms with Crippen LogP contribution in [0.1, 0.15) is 23.2 Å². The van der Waals surface area contributed by atoms with Crippen molar-refractivity contribution in [3.63, 3.8) is 0 Å². The average molecular weight is 213 g/mol. The van der Waals surface area contributed by atoms with Crippen LogP contribution in [0.4, 0.5) is 4.39 Å². The van der Waals surface area contributed by atoms with E-state index in [4.69, 9.17) is 0 Å². The Kier molecular flexibility index (Phi) is 4.03. The van der Waals surface area contributed by atoms with E-state index in [-0.39, 0.29) is 5.56 Å². The van der Waals surface area contributed by atoms with Gasteiger partial charge in [-0.3, -0.25) is 4.79 Å². The number of aromatic amines is 1. The lowest BCUT2D eigenvalue weighted by atomic mass is 10.3. The normalized spacial score (nSPS) is 13.7. The third-order valence-electron chi connectivity index (χ3n) is 1.73. The van der Waals surface area contributed by atoms with Crippen molar-refractivity contribution in [2.45, 2.75) is 19.0 Å². The second-order valence-corrected chi connectivity index (χ2v) is 3.08. The molecule has 4 nitrogen and oxygen atoms in total. The maximum absolute atomic E-state index is 11.1. The first-order valence-corrected chi connectivity index (χ1v) is 4.55. The van der Waals surface area contributed by atoms with E-state index in [1.807, 2.05) is 0 Å². The Hall–Kier alpha value is -1.65. The van der Waals surface area contributed by atoms with Gasteiger partial charge in [-0.25, -0.2) is 9.18 Å². The topological polar surface area (TPSA) is 59.2 Å². The van der Waals surface area contributed by atoms with Gasteiger partial charge in [0.25, 0.3) is 5.56 Å². The lowest BCUT2D eigenvalue weighted by molar-refractivity contribution is 0.0598. The minimum absolute atomic E-state index is 0.0231. The van der Waals surface area contributed by atoms with Gasteiger partial charge in [-0.05, 0) is 25.0 Å². The summed E-state index contributed by atoms with van der Waals surface area (Å²) >= 11 is 0. The first-order chi connectivity index (χ1) is 7.15. The quantitative estimate of drug-likeness (QED) is 0.715. The lowest BCUT2D eigenvalue weighted by Gasteiger charge is -1.94. The molecular weight excluding hydrogens is 201 g/mol. The monoisotopic (exact) mass is 213 g/mol. The van der Waals surface area contributed by atoms with Gasteiger partial charge in [0.05, 0.1) is 7.11 Å². The summed E-state index contributed by atoms with van der Waals surface area (Å²) in [6.07, 6.45) is 2.68. The summed E-state index contributed by atoms with van der Waals surface area (Å²) in [6, 6.07) is 2.97. The van der Waals surface area contributed by atoms with Gasteiger partial charge >= 0.3 is 5.97 Å². The number of pyridine rings is 1. The first kappa shape index (κ1) is 11.4. The molecule has 0 atom stereocenters. The predicted octanol–water partition coefficient (Wildman–Crippen LogP) is 1.28. The van der Waals surface area contributed by atoms with E-state index in [9.17, 15) is 14.0 Å². The van der Waals surface area contributed by atoms with Crippen molar-refractivity contribution in [2.75, 3.05) is 7.11 Å². The van der Waals surface area contributed by atoms with E-state index in [1.165, 1.54) is 19.4 Å². The second-order valence-electron chi connectivity index (χ2n) is 3.08. The number of alkyl halides is 1. The molecule has 2 rings (SSSR count). The van der Waals surface area contributed by atoms with Crippen molar-refractivity contribution in [3.8, 4) is 0 Å². The molecule has 1 N–H and O–H groups in total. The number of aromatic nitrogens is 1. The Bertz CT molecular complexity index is 384. The Labute approximate surface area is 86.1 Å². The number of carbonyl (C=O) groups is 1. The molecule has 0 radical (unpaired) electrons. The van der Waals surface area contributed by atoms with Gasteiger partial charge in [0.2, 0.25) is 0 Å². The SMILES string of the molecule is COC(=O)c1ccc[nH]c1=O.FC1CC1. The number of hydrogen-bond donors (Lipinski definition) is 1. The van der Waals surface area contributed by atoms with Crippen LogP contribution in [0.15, 0.2) is 23.1 Å². The summed E-state index contributed by atoms with van der Waals surface area (Å²) in [5, 5.41) is 0. The Balaban J connectivity index is 0.000000234. The van der Waals surface area contributed by atoms with Crippen LogP contribution >= 0.6 is 0 Å². The summed E-state index contributed by atoms with van der Waals surface area (Å²) in [5.74, 6) is -0.619. The van der Waals surface area contributed by atoms with Crippen molar-refractivity contribution >= 4 is 5.97 Å². The molecule has 1 aromatic heterocycles. The minimum Gasteiger partial charge on any atom is -0.465 e. The second kappa shape index (κ2) is 5.29. The van der Waals surface area contributed by atoms with Crippen LogP contribution in [0.5, 0.6) is 0 Å². The summed E-state index contributed by atoms with van der Waals surface area (Å²) in [7, 11) is 1.23. The lowest BCUT2D eigenvalue weighted by Crippen LogP contribution is -2.17. The average Bonchev–Trinajstić information content (AvgIpc) is 3.01. The molecular formula is C10H12FNO3. The highest BCUT2D eigenvalue weighted by Gasteiger charge is 2.18. The molecule has 5 heteroatoms. The number of halogens is 1. The van der Waals surface area contributed by atoms with Crippen molar-refractivity contribution < 1.29 is 13.9 Å². The maximum atomic E-state index is 11.1. The smallest absolute Gasteiger partial charge is 0.343 e. The maximum Gasteiger partial charge on any atom is 0.343 e. The highest BCUT2D eigenvalue weighted by atomic mass is 19.1. The molecule has 0 aromatic carbocycles. The molecule has 0 unspecified atom stereocenters. The Morgan fingerprint density at radius 1 is 1.60 bits per heavy atom. The minimum atomic E-state index is -0.619. The van der Waals surface area contributed by atoms with E-state index in [2.05, 4.69) is 9.72 Å². The van der Waals surface area contributed by atoms with Crippen LogP contribution < -0.4 is 5.56 Å². The molecule has 15 heavy (non-hydrogen) atoms. The molecule has 0 aliphatic heterocycles. The molecule has 1 saturated carbocycles. The fourth-order valence-electron chi connectivity index (χ4n) is 0.755. The van der Waals surface area contributed by atoms with Gasteiger partial charge in [-0.15, -0.1) is 0 Å². The van der Waals surface area contributed by atoms with Gasteiger partial charge in [0.15, 0.2) is 0 Å². The summed E-state index contributed by atoms with van der Waals surface area (Å²) in [4.78, 5) is 24.0. The Morgan fingerprint density at radius 3 is 2.60 bits per heavy atom. The molecule has 1 fully saturated rings. The molecule has 1 heterocycles. The summed E-state index contributed by atoms with van der Waals surface area (Å²) < 4.78 is 15.5. The number of esters is 1. The Morgan fingerprint density at radius 2 is 2.20 bits per heavy atom. The van der Waals surface area contributed by atoms with Crippen molar-refractivity contribution in [3.05, 3.63) is 34.2 Å². The number of nitrogens with one attached hydrogen (secondary N) is 1. The van der Waals surface area contributed by atoms with E-state index in [0.29, 0.717) is 0 Å². The van der Waals surface area contributed by atoms with Crippen molar-refractivity contribution in [1.29, 1.82) is 0 Å².